The summed E-state index contributed by atoms with van der Waals surface area (Å²) >= 11 is 0. The molecular formula is C26H29N9O4S. The van der Waals surface area contributed by atoms with Crippen molar-refractivity contribution in [2.24, 2.45) is 0 Å². The molecule has 208 valence electrons. The van der Waals surface area contributed by atoms with Gasteiger partial charge in [0.2, 0.25) is 21.9 Å². The highest BCUT2D eigenvalue weighted by atomic mass is 32.2. The summed E-state index contributed by atoms with van der Waals surface area (Å²) in [4.78, 5) is 31.2. The maximum atomic E-state index is 13.2. The molecule has 0 saturated carbocycles. The Kier molecular flexibility index (Phi) is 7.04. The second-order valence-corrected chi connectivity index (χ2v) is 11.7. The molecule has 1 amide bonds. The summed E-state index contributed by atoms with van der Waals surface area (Å²) < 4.78 is 30.6. The number of rotatable bonds is 6. The van der Waals surface area contributed by atoms with Crippen molar-refractivity contribution in [1.29, 1.82) is 0 Å². The average molecular weight is 564 g/mol. The van der Waals surface area contributed by atoms with E-state index < -0.39 is 10.0 Å². The molecule has 4 aromatic rings. The highest BCUT2D eigenvalue weighted by Crippen LogP contribution is 2.28. The van der Waals surface area contributed by atoms with E-state index in [0.29, 0.717) is 68.4 Å². The molecular weight excluding hydrogens is 534 g/mol. The first-order valence-corrected chi connectivity index (χ1v) is 14.8. The van der Waals surface area contributed by atoms with Crippen LogP contribution in [0.4, 0.5) is 17.6 Å². The highest BCUT2D eigenvalue weighted by molar-refractivity contribution is 7.88. The van der Waals surface area contributed by atoms with E-state index in [9.17, 15) is 13.2 Å². The Labute approximate surface area is 231 Å². The summed E-state index contributed by atoms with van der Waals surface area (Å²) in [6, 6.07) is 12.9. The molecule has 4 heterocycles. The van der Waals surface area contributed by atoms with Crippen LogP contribution in [-0.4, -0.2) is 107 Å². The third kappa shape index (κ3) is 5.46. The Balaban J connectivity index is 1.28. The van der Waals surface area contributed by atoms with Gasteiger partial charge in [0.15, 0.2) is 5.82 Å². The van der Waals surface area contributed by atoms with Gasteiger partial charge in [0.05, 0.1) is 31.2 Å². The molecule has 6 rings (SSSR count). The van der Waals surface area contributed by atoms with Gasteiger partial charge in [-0.1, -0.05) is 18.2 Å². The van der Waals surface area contributed by atoms with Crippen LogP contribution in [0.5, 0.6) is 0 Å². The topological polar surface area (TPSA) is 150 Å². The summed E-state index contributed by atoms with van der Waals surface area (Å²) in [5.41, 5.74) is 2.84. The van der Waals surface area contributed by atoms with Gasteiger partial charge in [-0.2, -0.15) is 24.4 Å². The largest absolute Gasteiger partial charge is 0.378 e. The molecule has 2 aliphatic heterocycles. The summed E-state index contributed by atoms with van der Waals surface area (Å²) in [7, 11) is -3.27. The van der Waals surface area contributed by atoms with E-state index in [1.807, 2.05) is 24.3 Å². The molecule has 0 unspecified atom stereocenters. The molecule has 0 aliphatic carbocycles. The number of aromatic nitrogens is 5. The number of benzene rings is 2. The smallest absolute Gasteiger partial charge is 0.254 e. The number of anilines is 3. The van der Waals surface area contributed by atoms with Gasteiger partial charge in [0.1, 0.15) is 0 Å². The van der Waals surface area contributed by atoms with Crippen molar-refractivity contribution >= 4 is 44.4 Å². The fourth-order valence-electron chi connectivity index (χ4n) is 4.87. The standard InChI is InChI=1S/C26H29N9O4S/c1-40(37,38)35-10-8-33(9-11-35)24(36)18-4-2-5-19(16-18)28-25-29-23(20-6-3-7-22-21(20)17-27-32-22)30-26(31-25)34-12-14-39-15-13-34/h2-7,16-17H,8-15H2,1H3,(H,27,32)(H,28,29,30,31). The van der Waals surface area contributed by atoms with Gasteiger partial charge in [0, 0.05) is 61.5 Å². The maximum Gasteiger partial charge on any atom is 0.254 e. The SMILES string of the molecule is CS(=O)(=O)N1CCN(C(=O)c2cccc(Nc3nc(-c4cccc5[nH]ncc45)nc(N4CCOCC4)n3)c2)CC1. The fourth-order valence-corrected chi connectivity index (χ4v) is 5.70. The molecule has 2 N–H and O–H groups in total. The summed E-state index contributed by atoms with van der Waals surface area (Å²) in [6.45, 7) is 3.73. The van der Waals surface area contributed by atoms with Crippen LogP contribution >= 0.6 is 0 Å². The molecule has 0 bridgehead atoms. The first-order chi connectivity index (χ1) is 19.3. The number of piperazine rings is 1. The van der Waals surface area contributed by atoms with Crippen molar-refractivity contribution in [3.63, 3.8) is 0 Å². The lowest BCUT2D eigenvalue weighted by Gasteiger charge is -2.33. The van der Waals surface area contributed by atoms with E-state index in [1.165, 1.54) is 10.6 Å². The lowest BCUT2D eigenvalue weighted by atomic mass is 10.1. The average Bonchev–Trinajstić information content (AvgIpc) is 3.46. The minimum absolute atomic E-state index is 0.159. The second-order valence-electron chi connectivity index (χ2n) is 9.68. The molecule has 0 radical (unpaired) electrons. The Morgan fingerprint density at radius 3 is 2.52 bits per heavy atom. The van der Waals surface area contributed by atoms with E-state index in [-0.39, 0.29) is 19.0 Å². The van der Waals surface area contributed by atoms with Crippen molar-refractivity contribution in [1.82, 2.24) is 34.4 Å². The molecule has 2 aromatic heterocycles. The number of aromatic amines is 1. The van der Waals surface area contributed by atoms with E-state index in [0.717, 1.165) is 16.5 Å². The normalized spacial score (nSPS) is 16.8. The number of nitrogens with one attached hydrogen (secondary N) is 2. The molecule has 0 spiro atoms. The first-order valence-electron chi connectivity index (χ1n) is 13.0. The first kappa shape index (κ1) is 26.1. The number of hydrogen-bond donors (Lipinski definition) is 2. The number of carbonyl (C=O) groups is 1. The van der Waals surface area contributed by atoms with Crippen LogP contribution in [0.3, 0.4) is 0 Å². The molecule has 2 fully saturated rings. The van der Waals surface area contributed by atoms with Gasteiger partial charge in [-0.05, 0) is 24.3 Å². The zero-order valence-electron chi connectivity index (χ0n) is 21.9. The number of amides is 1. The predicted octanol–water partition coefficient (Wildman–Crippen LogP) is 1.71. The minimum atomic E-state index is -3.27. The van der Waals surface area contributed by atoms with Gasteiger partial charge < -0.3 is 19.9 Å². The van der Waals surface area contributed by atoms with Crippen molar-refractivity contribution in [2.75, 3.05) is 69.0 Å². The number of sulfonamides is 1. The van der Waals surface area contributed by atoms with Crippen LogP contribution in [0.25, 0.3) is 22.3 Å². The van der Waals surface area contributed by atoms with Gasteiger partial charge in [-0.15, -0.1) is 0 Å². The Morgan fingerprint density at radius 2 is 1.75 bits per heavy atom. The third-order valence-electron chi connectivity index (χ3n) is 7.00. The lowest BCUT2D eigenvalue weighted by molar-refractivity contribution is 0.0698. The molecule has 13 nitrogen and oxygen atoms in total. The second kappa shape index (κ2) is 10.8. The van der Waals surface area contributed by atoms with Crippen LogP contribution in [0.2, 0.25) is 0 Å². The van der Waals surface area contributed by atoms with Crippen LogP contribution in [0.1, 0.15) is 10.4 Å². The summed E-state index contributed by atoms with van der Waals surface area (Å²) in [5.74, 6) is 1.22. The molecule has 2 saturated heterocycles. The van der Waals surface area contributed by atoms with Crippen molar-refractivity contribution < 1.29 is 17.9 Å². The number of H-pyrrole nitrogens is 1. The van der Waals surface area contributed by atoms with Crippen molar-refractivity contribution in [3.8, 4) is 11.4 Å². The van der Waals surface area contributed by atoms with Crippen LogP contribution < -0.4 is 10.2 Å². The molecule has 2 aromatic carbocycles. The maximum absolute atomic E-state index is 13.2. The van der Waals surface area contributed by atoms with E-state index in [2.05, 4.69) is 20.4 Å². The number of fused-ring (bicyclic) bond motifs is 1. The zero-order chi connectivity index (χ0) is 27.7. The molecule has 14 heteroatoms. The predicted molar refractivity (Wildman–Crippen MR) is 150 cm³/mol. The van der Waals surface area contributed by atoms with Crippen LogP contribution in [-0.2, 0) is 14.8 Å². The monoisotopic (exact) mass is 563 g/mol. The van der Waals surface area contributed by atoms with E-state index in [1.54, 1.807) is 29.3 Å². The number of hydrogen-bond acceptors (Lipinski definition) is 10. The Bertz CT molecular complexity index is 1640. The fraction of sp³-hybridized carbons (Fsp3) is 0.346. The van der Waals surface area contributed by atoms with Crippen molar-refractivity contribution in [2.45, 2.75) is 0 Å². The van der Waals surface area contributed by atoms with Crippen molar-refractivity contribution in [3.05, 3.63) is 54.2 Å². The van der Waals surface area contributed by atoms with Gasteiger partial charge in [-0.3, -0.25) is 9.89 Å². The van der Waals surface area contributed by atoms with E-state index in [4.69, 9.17) is 19.7 Å². The number of ether oxygens (including phenoxy) is 1. The number of carbonyl (C=O) groups excluding carboxylic acids is 1. The molecule has 40 heavy (non-hydrogen) atoms. The van der Waals surface area contributed by atoms with Crippen LogP contribution in [0.15, 0.2) is 48.7 Å². The summed E-state index contributed by atoms with van der Waals surface area (Å²) in [5, 5.41) is 11.3. The zero-order valence-corrected chi connectivity index (χ0v) is 22.8. The van der Waals surface area contributed by atoms with E-state index >= 15 is 0 Å². The quantitative estimate of drug-likeness (QED) is 0.355. The van der Waals surface area contributed by atoms with Crippen LogP contribution in [0, 0.1) is 0 Å². The summed E-state index contributed by atoms with van der Waals surface area (Å²) in [6.07, 6.45) is 2.94. The van der Waals surface area contributed by atoms with Gasteiger partial charge in [-0.25, -0.2) is 8.42 Å². The number of nitrogens with zero attached hydrogens (tertiary/aromatic N) is 7. The molecule has 0 atom stereocenters. The minimum Gasteiger partial charge on any atom is -0.378 e. The third-order valence-corrected chi connectivity index (χ3v) is 8.31. The number of morpholine rings is 1. The Morgan fingerprint density at radius 1 is 0.975 bits per heavy atom. The van der Waals surface area contributed by atoms with Gasteiger partial charge >= 0.3 is 0 Å². The van der Waals surface area contributed by atoms with Gasteiger partial charge in [0.25, 0.3) is 5.91 Å². The highest BCUT2D eigenvalue weighted by Gasteiger charge is 2.27. The lowest BCUT2D eigenvalue weighted by Crippen LogP contribution is -2.50. The Hall–Kier alpha value is -4.14. The molecule has 2 aliphatic rings.